The Morgan fingerprint density at radius 3 is 1.78 bits per heavy atom. The van der Waals surface area contributed by atoms with Gasteiger partial charge in [-0.3, -0.25) is 13.9 Å². The van der Waals surface area contributed by atoms with Crippen molar-refractivity contribution in [1.82, 2.24) is 4.31 Å². The Morgan fingerprint density at radius 1 is 0.765 bits per heavy atom. The molecule has 0 aliphatic rings. The quantitative estimate of drug-likeness (QED) is 0.0919. The van der Waals surface area contributed by atoms with Crippen LogP contribution in [0.25, 0.3) is 10.8 Å². The number of fused-ring (bicyclic) bond motifs is 1. The van der Waals surface area contributed by atoms with Crippen LogP contribution >= 0.6 is 0 Å². The summed E-state index contributed by atoms with van der Waals surface area (Å²) in [6.45, 7) is 5.17. The zero-order valence-corrected chi connectivity index (χ0v) is 30.0. The molecule has 0 heterocycles. The minimum atomic E-state index is -5.16. The fraction of sp³-hybridized carbons (Fsp3) is 0.233. The summed E-state index contributed by atoms with van der Waals surface area (Å²) in [7, 11) is -11.1. The van der Waals surface area contributed by atoms with Gasteiger partial charge in [0.25, 0.3) is 20.2 Å². The number of ether oxygens (including phenoxy) is 2. The number of aromatic hydroxyl groups is 1. The van der Waals surface area contributed by atoms with Gasteiger partial charge in [0.2, 0.25) is 15.9 Å². The molecule has 4 aromatic carbocycles. The van der Waals surface area contributed by atoms with Crippen LogP contribution in [0.3, 0.4) is 0 Å². The number of nitrogens with zero attached hydrogens (tertiary/aromatic N) is 5. The maximum Gasteiger partial charge on any atom is 0.296 e. The predicted molar refractivity (Wildman–Crippen MR) is 184 cm³/mol. The molecule has 1 amide bonds. The molecule has 18 nitrogen and oxygen atoms in total. The highest BCUT2D eigenvalue weighted by Gasteiger charge is 2.26. The van der Waals surface area contributed by atoms with E-state index in [1.807, 2.05) is 0 Å². The Morgan fingerprint density at radius 2 is 1.31 bits per heavy atom. The van der Waals surface area contributed by atoms with Gasteiger partial charge in [-0.2, -0.15) is 26.3 Å². The van der Waals surface area contributed by atoms with Gasteiger partial charge in [-0.1, -0.05) is 13.8 Å². The summed E-state index contributed by atoms with van der Waals surface area (Å²) in [5.41, 5.74) is -0.770. The third kappa shape index (κ3) is 8.46. The van der Waals surface area contributed by atoms with Gasteiger partial charge < -0.3 is 19.9 Å². The first-order chi connectivity index (χ1) is 23.8. The van der Waals surface area contributed by atoms with Gasteiger partial charge in [0.15, 0.2) is 5.75 Å². The molecule has 0 aromatic heterocycles. The molecular formula is C30H32N6O12S3. The predicted octanol–water partition coefficient (Wildman–Crippen LogP) is 5.88. The summed E-state index contributed by atoms with van der Waals surface area (Å²) in [6, 6.07) is 10.8. The van der Waals surface area contributed by atoms with E-state index in [4.69, 9.17) is 9.47 Å². The van der Waals surface area contributed by atoms with Gasteiger partial charge in [-0.05, 0) is 47.9 Å². The van der Waals surface area contributed by atoms with Crippen molar-refractivity contribution in [2.75, 3.05) is 32.6 Å². The molecule has 272 valence electrons. The fourth-order valence-electron chi connectivity index (χ4n) is 4.82. The third-order valence-corrected chi connectivity index (χ3v) is 11.0. The van der Waals surface area contributed by atoms with Crippen LogP contribution < -0.4 is 14.8 Å². The van der Waals surface area contributed by atoms with Crippen LogP contribution in [0.2, 0.25) is 0 Å². The Balaban J connectivity index is 1.80. The van der Waals surface area contributed by atoms with E-state index in [1.54, 1.807) is 13.8 Å². The smallest absolute Gasteiger partial charge is 0.296 e. The number of azo groups is 2. The van der Waals surface area contributed by atoms with Gasteiger partial charge in [0.05, 0.1) is 35.4 Å². The second-order valence-electron chi connectivity index (χ2n) is 10.5. The first kappa shape index (κ1) is 38.7. The number of hydrogen-bond donors (Lipinski definition) is 4. The molecule has 0 aliphatic carbocycles. The molecule has 21 heteroatoms. The molecule has 0 bridgehead atoms. The normalized spacial score (nSPS) is 12.6. The number of carbonyl (C=O) groups excluding carboxylic acids is 1. The van der Waals surface area contributed by atoms with Crippen LogP contribution in [0.15, 0.2) is 89.7 Å². The lowest BCUT2D eigenvalue weighted by atomic mass is 10.1. The zero-order valence-electron chi connectivity index (χ0n) is 27.6. The van der Waals surface area contributed by atoms with Gasteiger partial charge in [0, 0.05) is 37.5 Å². The summed E-state index contributed by atoms with van der Waals surface area (Å²) in [4.78, 5) is 10.2. The topological polar surface area (TPSA) is 263 Å². The molecule has 0 saturated heterocycles. The van der Waals surface area contributed by atoms with Crippen molar-refractivity contribution in [3.05, 3.63) is 54.6 Å². The van der Waals surface area contributed by atoms with E-state index >= 15 is 0 Å². The van der Waals surface area contributed by atoms with Crippen LogP contribution in [-0.2, 0) is 35.1 Å². The molecule has 0 spiro atoms. The zero-order chi connectivity index (χ0) is 37.9. The molecule has 0 aliphatic heterocycles. The standard InChI is InChI=1S/C30H32N6O12S3/c1-6-36(7-2)49(39,40)20-10-8-19(9-11-20)32-33-22-15-26(48-5)23(16-25(22)47-4)34-35-29-27(51(44,45)46)13-18-12-21(50(41,42)43)14-24(31-17(3)37)28(18)30(29)38/h8-16,38H,6-7H2,1-5H3,(H,31,37)(H,41,42,43)(H,44,45,46)/b33-32+,35-34+. The Labute approximate surface area is 293 Å². The van der Waals surface area contributed by atoms with Crippen LogP contribution in [0, 0.1) is 0 Å². The van der Waals surface area contributed by atoms with Crippen molar-refractivity contribution in [1.29, 1.82) is 0 Å². The van der Waals surface area contributed by atoms with Crippen molar-refractivity contribution < 1.29 is 53.7 Å². The van der Waals surface area contributed by atoms with Gasteiger partial charge in [0.1, 0.15) is 33.5 Å². The molecule has 0 atom stereocenters. The second kappa shape index (κ2) is 15.0. The number of sulfonamides is 1. The maximum absolute atomic E-state index is 12.8. The van der Waals surface area contributed by atoms with E-state index in [-0.39, 0.29) is 44.2 Å². The number of methoxy groups -OCH3 is 2. The summed E-state index contributed by atoms with van der Waals surface area (Å²) in [5, 5.41) is 29.1. The lowest BCUT2D eigenvalue weighted by Crippen LogP contribution is -2.30. The maximum atomic E-state index is 12.8. The van der Waals surface area contributed by atoms with Crippen LogP contribution in [0.4, 0.5) is 28.4 Å². The number of amides is 1. The number of phenolic OH excluding ortho intramolecular Hbond substituents is 1. The van der Waals surface area contributed by atoms with Crippen molar-refractivity contribution in [2.45, 2.75) is 35.5 Å². The van der Waals surface area contributed by atoms with E-state index in [9.17, 15) is 44.3 Å². The molecule has 0 unspecified atom stereocenters. The highest BCUT2D eigenvalue weighted by atomic mass is 32.2. The minimum absolute atomic E-state index is 0.0135. The lowest BCUT2D eigenvalue weighted by molar-refractivity contribution is -0.114. The van der Waals surface area contributed by atoms with E-state index in [2.05, 4.69) is 25.8 Å². The first-order valence-electron chi connectivity index (χ1n) is 14.6. The number of rotatable bonds is 13. The Kier molecular flexibility index (Phi) is 11.4. The number of nitrogens with one attached hydrogen (secondary N) is 1. The average molecular weight is 765 g/mol. The monoisotopic (exact) mass is 764 g/mol. The van der Waals surface area contributed by atoms with E-state index < -0.39 is 57.4 Å². The van der Waals surface area contributed by atoms with Crippen LogP contribution in [0.5, 0.6) is 17.2 Å². The van der Waals surface area contributed by atoms with Crippen molar-refractivity contribution >= 4 is 75.4 Å². The molecular weight excluding hydrogens is 733 g/mol. The van der Waals surface area contributed by atoms with Crippen LogP contribution in [-0.4, -0.2) is 77.0 Å². The fourth-order valence-corrected chi connectivity index (χ4v) is 7.48. The largest absolute Gasteiger partial charge is 0.505 e. The number of hydrogen-bond acceptors (Lipinski definition) is 14. The van der Waals surface area contributed by atoms with Gasteiger partial charge in [-0.15, -0.1) is 15.3 Å². The number of phenols is 1. The number of anilines is 1. The molecule has 0 fully saturated rings. The van der Waals surface area contributed by atoms with Crippen molar-refractivity contribution in [2.24, 2.45) is 20.5 Å². The highest BCUT2D eigenvalue weighted by molar-refractivity contribution is 7.89. The Hall–Kier alpha value is -5.06. The van der Waals surface area contributed by atoms with E-state index in [1.165, 1.54) is 54.9 Å². The lowest BCUT2D eigenvalue weighted by Gasteiger charge is -2.18. The van der Waals surface area contributed by atoms with Gasteiger partial charge in [-0.25, -0.2) is 8.42 Å². The van der Waals surface area contributed by atoms with Gasteiger partial charge >= 0.3 is 0 Å². The minimum Gasteiger partial charge on any atom is -0.505 e. The van der Waals surface area contributed by atoms with E-state index in [0.717, 1.165) is 25.1 Å². The number of carbonyl (C=O) groups is 1. The molecule has 4 N–H and O–H groups in total. The summed E-state index contributed by atoms with van der Waals surface area (Å²) >= 11 is 0. The van der Waals surface area contributed by atoms with E-state index in [0.29, 0.717) is 18.8 Å². The molecule has 4 rings (SSSR count). The van der Waals surface area contributed by atoms with Crippen molar-refractivity contribution in [3.8, 4) is 17.2 Å². The average Bonchev–Trinajstić information content (AvgIpc) is 3.05. The van der Waals surface area contributed by atoms with Crippen molar-refractivity contribution in [3.63, 3.8) is 0 Å². The summed E-state index contributed by atoms with van der Waals surface area (Å²) in [5.74, 6) is -1.54. The molecule has 4 aromatic rings. The first-order valence-corrected chi connectivity index (χ1v) is 18.9. The second-order valence-corrected chi connectivity index (χ2v) is 15.2. The molecule has 0 saturated carbocycles. The summed E-state index contributed by atoms with van der Waals surface area (Å²) in [6.07, 6.45) is 0. The van der Waals surface area contributed by atoms with Crippen LogP contribution in [0.1, 0.15) is 20.8 Å². The molecule has 51 heavy (non-hydrogen) atoms. The number of benzene rings is 4. The third-order valence-electron chi connectivity index (χ3n) is 7.20. The highest BCUT2D eigenvalue weighted by Crippen LogP contribution is 2.46. The Bertz CT molecular complexity index is 2400. The molecule has 0 radical (unpaired) electrons. The summed E-state index contributed by atoms with van der Waals surface area (Å²) < 4.78 is 106. The SMILES string of the molecule is CCN(CC)S(=O)(=O)c1ccc(/N=N/c2cc(OC)c(/N=N/c3c(S(=O)(=O)O)cc4cc(S(=O)(=O)O)cc(NC(C)=O)c4c3O)cc2OC)cc1.